The van der Waals surface area contributed by atoms with E-state index in [2.05, 4.69) is 5.32 Å². The van der Waals surface area contributed by atoms with Crippen molar-refractivity contribution in [1.29, 1.82) is 0 Å². The lowest BCUT2D eigenvalue weighted by atomic mass is 10.1. The highest BCUT2D eigenvalue weighted by Gasteiger charge is 2.09. The molecule has 2 rings (SSSR count). The molecule has 2 aromatic rings. The summed E-state index contributed by atoms with van der Waals surface area (Å²) in [4.78, 5) is 24.8. The molecular formula is C18H20N2O3. The van der Waals surface area contributed by atoms with Crippen molar-refractivity contribution in [3.05, 3.63) is 60.2 Å². The number of rotatable bonds is 6. The van der Waals surface area contributed by atoms with Gasteiger partial charge in [-0.15, -0.1) is 0 Å². The number of hydrogen-bond acceptors (Lipinski definition) is 3. The summed E-state index contributed by atoms with van der Waals surface area (Å²) in [6.07, 6.45) is 0. The summed E-state index contributed by atoms with van der Waals surface area (Å²) >= 11 is 0. The molecule has 0 aliphatic rings. The van der Waals surface area contributed by atoms with Crippen molar-refractivity contribution in [1.82, 2.24) is 4.90 Å². The van der Waals surface area contributed by atoms with Crippen LogP contribution in [0.5, 0.6) is 5.75 Å². The molecule has 0 heterocycles. The summed E-state index contributed by atoms with van der Waals surface area (Å²) in [5, 5.41) is 2.78. The van der Waals surface area contributed by atoms with E-state index in [4.69, 9.17) is 4.74 Å². The molecule has 0 saturated heterocycles. The quantitative estimate of drug-likeness (QED) is 0.831. The third-order valence-electron chi connectivity index (χ3n) is 3.33. The largest absolute Gasteiger partial charge is 0.492 e. The minimum absolute atomic E-state index is 0.00180. The Labute approximate surface area is 135 Å². The summed E-state index contributed by atoms with van der Waals surface area (Å²) in [7, 11) is 1.70. The third kappa shape index (κ3) is 5.14. The van der Waals surface area contributed by atoms with Crippen molar-refractivity contribution in [2.24, 2.45) is 0 Å². The van der Waals surface area contributed by atoms with Gasteiger partial charge in [-0.25, -0.2) is 4.79 Å². The first-order chi connectivity index (χ1) is 11.1. The van der Waals surface area contributed by atoms with Crippen LogP contribution in [0.25, 0.3) is 0 Å². The van der Waals surface area contributed by atoms with Crippen LogP contribution in [-0.2, 0) is 0 Å². The number of ether oxygens (including phenoxy) is 1. The van der Waals surface area contributed by atoms with Gasteiger partial charge < -0.3 is 15.0 Å². The number of Topliss-reactive ketones (excluding diaryl/α,β-unsaturated/α-hetero) is 1. The fourth-order valence-corrected chi connectivity index (χ4v) is 1.93. The van der Waals surface area contributed by atoms with Gasteiger partial charge in [-0.2, -0.15) is 0 Å². The molecule has 0 atom stereocenters. The Morgan fingerprint density at radius 2 is 1.70 bits per heavy atom. The van der Waals surface area contributed by atoms with Gasteiger partial charge in [-0.05, 0) is 43.3 Å². The van der Waals surface area contributed by atoms with Gasteiger partial charge in [0.1, 0.15) is 12.4 Å². The van der Waals surface area contributed by atoms with Gasteiger partial charge in [0.05, 0.1) is 6.54 Å². The van der Waals surface area contributed by atoms with Gasteiger partial charge in [-0.1, -0.05) is 18.2 Å². The zero-order chi connectivity index (χ0) is 16.7. The highest BCUT2D eigenvalue weighted by Crippen LogP contribution is 2.11. The van der Waals surface area contributed by atoms with E-state index in [1.807, 2.05) is 30.3 Å². The van der Waals surface area contributed by atoms with Crippen LogP contribution in [-0.4, -0.2) is 36.9 Å². The first-order valence-corrected chi connectivity index (χ1v) is 7.37. The summed E-state index contributed by atoms with van der Waals surface area (Å²) in [5.41, 5.74) is 1.27. The molecule has 5 heteroatoms. The minimum atomic E-state index is -0.225. The maximum Gasteiger partial charge on any atom is 0.321 e. The molecule has 0 aromatic heterocycles. The number of benzene rings is 2. The van der Waals surface area contributed by atoms with E-state index >= 15 is 0 Å². The number of carbonyl (C=O) groups is 2. The van der Waals surface area contributed by atoms with Crippen LogP contribution < -0.4 is 10.1 Å². The molecule has 120 valence electrons. The van der Waals surface area contributed by atoms with Crippen molar-refractivity contribution < 1.29 is 14.3 Å². The lowest BCUT2D eigenvalue weighted by Gasteiger charge is -2.18. The van der Waals surface area contributed by atoms with Crippen LogP contribution in [0.4, 0.5) is 10.5 Å². The molecule has 2 aromatic carbocycles. The number of nitrogens with one attached hydrogen (secondary N) is 1. The molecule has 0 bridgehead atoms. The zero-order valence-electron chi connectivity index (χ0n) is 13.3. The zero-order valence-corrected chi connectivity index (χ0v) is 13.3. The summed E-state index contributed by atoms with van der Waals surface area (Å²) < 4.78 is 5.56. The lowest BCUT2D eigenvalue weighted by molar-refractivity contribution is 0.101. The molecule has 1 N–H and O–H groups in total. The number of anilines is 1. The number of carbonyl (C=O) groups excluding carboxylic acids is 2. The molecule has 5 nitrogen and oxygen atoms in total. The molecule has 0 fully saturated rings. The van der Waals surface area contributed by atoms with E-state index in [9.17, 15) is 9.59 Å². The topological polar surface area (TPSA) is 58.6 Å². The number of nitrogens with zero attached hydrogens (tertiary/aromatic N) is 1. The van der Waals surface area contributed by atoms with Crippen molar-refractivity contribution in [2.45, 2.75) is 6.92 Å². The Bertz CT molecular complexity index is 654. The second-order valence-corrected chi connectivity index (χ2v) is 5.15. The maximum atomic E-state index is 12.1. The second-order valence-electron chi connectivity index (χ2n) is 5.15. The molecule has 0 saturated carbocycles. The molecule has 0 aliphatic carbocycles. The maximum absolute atomic E-state index is 12.1. The highest BCUT2D eigenvalue weighted by molar-refractivity contribution is 5.95. The summed E-state index contributed by atoms with van der Waals surface area (Å²) in [5.74, 6) is 0.777. The Hall–Kier alpha value is -2.82. The predicted octanol–water partition coefficient (Wildman–Crippen LogP) is 3.43. The molecular weight excluding hydrogens is 292 g/mol. The molecule has 0 aliphatic heterocycles. The molecule has 0 radical (unpaired) electrons. The Morgan fingerprint density at radius 1 is 1.04 bits per heavy atom. The predicted molar refractivity (Wildman–Crippen MR) is 90.0 cm³/mol. The monoisotopic (exact) mass is 312 g/mol. The number of ketones is 1. The van der Waals surface area contributed by atoms with Gasteiger partial charge in [0.25, 0.3) is 0 Å². The van der Waals surface area contributed by atoms with Crippen molar-refractivity contribution >= 4 is 17.5 Å². The van der Waals surface area contributed by atoms with E-state index in [0.717, 1.165) is 5.75 Å². The van der Waals surface area contributed by atoms with E-state index in [0.29, 0.717) is 24.4 Å². The standard InChI is InChI=1S/C18H20N2O3/c1-14(21)15-8-10-16(11-9-15)19-18(22)20(2)12-13-23-17-6-4-3-5-7-17/h3-11H,12-13H2,1-2H3,(H,19,22). The number of amides is 2. The van der Waals surface area contributed by atoms with Gasteiger partial charge in [-0.3, -0.25) is 4.79 Å². The fraction of sp³-hybridized carbons (Fsp3) is 0.222. The van der Waals surface area contributed by atoms with Crippen LogP contribution in [0, 0.1) is 0 Å². The van der Waals surface area contributed by atoms with Crippen molar-refractivity contribution in [2.75, 3.05) is 25.5 Å². The summed E-state index contributed by atoms with van der Waals surface area (Å²) in [6.45, 7) is 2.39. The normalized spacial score (nSPS) is 10.0. The Morgan fingerprint density at radius 3 is 2.30 bits per heavy atom. The Balaban J connectivity index is 1.79. The van der Waals surface area contributed by atoms with E-state index in [1.165, 1.54) is 6.92 Å². The second kappa shape index (κ2) is 7.98. The van der Waals surface area contributed by atoms with Crippen LogP contribution in [0.1, 0.15) is 17.3 Å². The number of likely N-dealkylation sites (N-methyl/N-ethyl adjacent to an activating group) is 1. The van der Waals surface area contributed by atoms with Crippen molar-refractivity contribution in [3.63, 3.8) is 0 Å². The lowest BCUT2D eigenvalue weighted by Crippen LogP contribution is -2.34. The van der Waals surface area contributed by atoms with E-state index in [-0.39, 0.29) is 11.8 Å². The van der Waals surface area contributed by atoms with Crippen LogP contribution in [0.2, 0.25) is 0 Å². The first-order valence-electron chi connectivity index (χ1n) is 7.37. The van der Waals surface area contributed by atoms with Gasteiger partial charge in [0.15, 0.2) is 5.78 Å². The average Bonchev–Trinajstić information content (AvgIpc) is 2.56. The van der Waals surface area contributed by atoms with Gasteiger partial charge in [0, 0.05) is 18.3 Å². The van der Waals surface area contributed by atoms with Crippen LogP contribution in [0.15, 0.2) is 54.6 Å². The third-order valence-corrected chi connectivity index (χ3v) is 3.33. The molecule has 0 unspecified atom stereocenters. The smallest absolute Gasteiger partial charge is 0.321 e. The fourth-order valence-electron chi connectivity index (χ4n) is 1.93. The summed E-state index contributed by atoms with van der Waals surface area (Å²) in [6, 6.07) is 16.0. The molecule has 23 heavy (non-hydrogen) atoms. The van der Waals surface area contributed by atoms with Crippen LogP contribution in [0.3, 0.4) is 0 Å². The van der Waals surface area contributed by atoms with E-state index in [1.54, 1.807) is 36.2 Å². The van der Waals surface area contributed by atoms with Crippen molar-refractivity contribution in [3.8, 4) is 5.75 Å². The minimum Gasteiger partial charge on any atom is -0.492 e. The van der Waals surface area contributed by atoms with E-state index < -0.39 is 0 Å². The number of hydrogen-bond donors (Lipinski definition) is 1. The van der Waals surface area contributed by atoms with Crippen LogP contribution >= 0.6 is 0 Å². The Kier molecular flexibility index (Phi) is 5.74. The SMILES string of the molecule is CC(=O)c1ccc(NC(=O)N(C)CCOc2ccccc2)cc1. The first kappa shape index (κ1) is 16.5. The molecule has 0 spiro atoms. The van der Waals surface area contributed by atoms with Gasteiger partial charge in [0.2, 0.25) is 0 Å². The highest BCUT2D eigenvalue weighted by atomic mass is 16.5. The van der Waals surface area contributed by atoms with Gasteiger partial charge >= 0.3 is 6.03 Å². The molecule has 2 amide bonds. The number of para-hydroxylation sites is 1. The average molecular weight is 312 g/mol. The number of urea groups is 1.